The van der Waals surface area contributed by atoms with Gasteiger partial charge in [-0.05, 0) is 57.1 Å². The van der Waals surface area contributed by atoms with Crippen LogP contribution in [-0.2, 0) is 6.18 Å². The van der Waals surface area contributed by atoms with Gasteiger partial charge < -0.3 is 10.2 Å². The van der Waals surface area contributed by atoms with E-state index in [1.54, 1.807) is 0 Å². The molecule has 1 aromatic carbocycles. The van der Waals surface area contributed by atoms with Crippen molar-refractivity contribution in [2.24, 2.45) is 0 Å². The molecule has 2 rings (SSSR count). The molecule has 1 aliphatic heterocycles. The maximum atomic E-state index is 12.5. The minimum atomic E-state index is -4.35. The highest BCUT2D eigenvalue weighted by atomic mass is 35.5. The highest BCUT2D eigenvalue weighted by molar-refractivity contribution is 6.33. The first-order chi connectivity index (χ1) is 9.47. The van der Waals surface area contributed by atoms with Crippen molar-refractivity contribution >= 4 is 17.3 Å². The first kappa shape index (κ1) is 15.4. The topological polar surface area (TPSA) is 15.3 Å². The Morgan fingerprint density at radius 1 is 1.20 bits per heavy atom. The zero-order valence-electron chi connectivity index (χ0n) is 11.1. The average Bonchev–Trinajstić information content (AvgIpc) is 2.88. The van der Waals surface area contributed by atoms with Gasteiger partial charge >= 0.3 is 6.18 Å². The smallest absolute Gasteiger partial charge is 0.384 e. The van der Waals surface area contributed by atoms with Crippen LogP contribution >= 0.6 is 11.6 Å². The van der Waals surface area contributed by atoms with Gasteiger partial charge in [-0.15, -0.1) is 0 Å². The molecule has 0 unspecified atom stereocenters. The first-order valence-corrected chi connectivity index (χ1v) is 7.17. The zero-order chi connectivity index (χ0) is 14.6. The summed E-state index contributed by atoms with van der Waals surface area (Å²) in [5.74, 6) is 0. The molecule has 0 radical (unpaired) electrons. The summed E-state index contributed by atoms with van der Waals surface area (Å²) in [7, 11) is 0. The summed E-state index contributed by atoms with van der Waals surface area (Å²) in [6, 6.07) is 3.40. The van der Waals surface area contributed by atoms with Crippen molar-refractivity contribution in [2.75, 3.05) is 31.5 Å². The second kappa shape index (κ2) is 6.68. The Hall–Kier alpha value is -0.940. The molecule has 6 heteroatoms. The van der Waals surface area contributed by atoms with Crippen molar-refractivity contribution in [2.45, 2.75) is 25.4 Å². The van der Waals surface area contributed by atoms with E-state index in [0.717, 1.165) is 38.2 Å². The van der Waals surface area contributed by atoms with E-state index in [1.165, 1.54) is 18.9 Å². The Morgan fingerprint density at radius 2 is 1.90 bits per heavy atom. The first-order valence-electron chi connectivity index (χ1n) is 6.80. The largest absolute Gasteiger partial charge is 0.416 e. The standard InChI is InChI=1S/C14H18ClF3N2/c15-12-10-11(14(16,17)18)4-5-13(12)19-6-3-9-20-7-1-2-8-20/h4-5,10,19H,1-3,6-9H2. The monoisotopic (exact) mass is 306 g/mol. The lowest BCUT2D eigenvalue weighted by atomic mass is 10.2. The number of alkyl halides is 3. The molecule has 0 spiro atoms. The van der Waals surface area contributed by atoms with Crippen LogP contribution < -0.4 is 5.32 Å². The number of halogens is 4. The Labute approximate surface area is 121 Å². The second-order valence-electron chi connectivity index (χ2n) is 5.02. The van der Waals surface area contributed by atoms with Crippen molar-refractivity contribution < 1.29 is 13.2 Å². The summed E-state index contributed by atoms with van der Waals surface area (Å²) in [5, 5.41) is 3.20. The average molecular weight is 307 g/mol. The zero-order valence-corrected chi connectivity index (χ0v) is 11.9. The molecule has 1 saturated heterocycles. The molecule has 0 bridgehead atoms. The number of likely N-dealkylation sites (tertiary alicyclic amines) is 1. The molecule has 2 nitrogen and oxygen atoms in total. The van der Waals surface area contributed by atoms with Crippen molar-refractivity contribution in [1.82, 2.24) is 4.90 Å². The molecule has 1 fully saturated rings. The number of hydrogen-bond donors (Lipinski definition) is 1. The van der Waals surface area contributed by atoms with Crippen LogP contribution in [0.4, 0.5) is 18.9 Å². The van der Waals surface area contributed by atoms with Gasteiger partial charge in [-0.1, -0.05) is 11.6 Å². The van der Waals surface area contributed by atoms with Crippen LogP contribution in [0.5, 0.6) is 0 Å². The Balaban J connectivity index is 1.80. The highest BCUT2D eigenvalue weighted by Crippen LogP contribution is 2.33. The summed E-state index contributed by atoms with van der Waals surface area (Å²) in [6.45, 7) is 4.04. The number of benzene rings is 1. The number of nitrogens with zero attached hydrogens (tertiary/aromatic N) is 1. The number of anilines is 1. The predicted molar refractivity (Wildman–Crippen MR) is 75.2 cm³/mol. The van der Waals surface area contributed by atoms with Crippen LogP contribution in [-0.4, -0.2) is 31.1 Å². The van der Waals surface area contributed by atoms with E-state index in [9.17, 15) is 13.2 Å². The fourth-order valence-corrected chi connectivity index (χ4v) is 2.61. The third kappa shape index (κ3) is 4.28. The van der Waals surface area contributed by atoms with Gasteiger partial charge in [-0.3, -0.25) is 0 Å². The molecule has 0 atom stereocenters. The maximum Gasteiger partial charge on any atom is 0.416 e. The van der Waals surface area contributed by atoms with Gasteiger partial charge in [0, 0.05) is 6.54 Å². The van der Waals surface area contributed by atoms with Gasteiger partial charge in [0.1, 0.15) is 0 Å². The molecule has 112 valence electrons. The van der Waals surface area contributed by atoms with E-state index >= 15 is 0 Å². The molecule has 1 aromatic rings. The third-order valence-electron chi connectivity index (χ3n) is 3.46. The van der Waals surface area contributed by atoms with Crippen molar-refractivity contribution in [3.63, 3.8) is 0 Å². The number of rotatable bonds is 5. The van der Waals surface area contributed by atoms with Crippen LogP contribution in [0.2, 0.25) is 5.02 Å². The highest BCUT2D eigenvalue weighted by Gasteiger charge is 2.30. The minimum absolute atomic E-state index is 0.112. The SMILES string of the molecule is FC(F)(F)c1ccc(NCCCN2CCCC2)c(Cl)c1. The van der Waals surface area contributed by atoms with Gasteiger partial charge in [0.05, 0.1) is 16.3 Å². The van der Waals surface area contributed by atoms with Gasteiger partial charge in [-0.25, -0.2) is 0 Å². The Kier molecular flexibility index (Phi) is 5.16. The summed E-state index contributed by atoms with van der Waals surface area (Å²) >= 11 is 5.87. The van der Waals surface area contributed by atoms with E-state index in [-0.39, 0.29) is 5.02 Å². The molecule has 0 aromatic heterocycles. The van der Waals surface area contributed by atoms with Gasteiger partial charge in [0.25, 0.3) is 0 Å². The second-order valence-corrected chi connectivity index (χ2v) is 5.43. The number of nitrogens with one attached hydrogen (secondary N) is 1. The predicted octanol–water partition coefficient (Wildman–Crippen LogP) is 4.26. The lowest BCUT2D eigenvalue weighted by Crippen LogP contribution is -2.22. The lowest BCUT2D eigenvalue weighted by Gasteiger charge is -2.15. The van der Waals surface area contributed by atoms with Gasteiger partial charge in [-0.2, -0.15) is 13.2 Å². The van der Waals surface area contributed by atoms with E-state index in [0.29, 0.717) is 12.2 Å². The van der Waals surface area contributed by atoms with E-state index in [1.807, 2.05) is 0 Å². The molecular weight excluding hydrogens is 289 g/mol. The van der Waals surface area contributed by atoms with Crippen LogP contribution in [0.25, 0.3) is 0 Å². The summed E-state index contributed by atoms with van der Waals surface area (Å²) < 4.78 is 37.5. The van der Waals surface area contributed by atoms with Crippen LogP contribution in [0.15, 0.2) is 18.2 Å². The number of hydrogen-bond acceptors (Lipinski definition) is 2. The maximum absolute atomic E-state index is 12.5. The van der Waals surface area contributed by atoms with Crippen LogP contribution in [0.3, 0.4) is 0 Å². The summed E-state index contributed by atoms with van der Waals surface area (Å²) in [5.41, 5.74) is -0.161. The molecule has 0 aliphatic carbocycles. The minimum Gasteiger partial charge on any atom is -0.384 e. The van der Waals surface area contributed by atoms with Crippen molar-refractivity contribution in [3.8, 4) is 0 Å². The third-order valence-corrected chi connectivity index (χ3v) is 3.77. The Bertz CT molecular complexity index is 443. The normalized spacial score (nSPS) is 16.6. The lowest BCUT2D eigenvalue weighted by molar-refractivity contribution is -0.137. The molecule has 0 amide bonds. The quantitative estimate of drug-likeness (QED) is 0.818. The van der Waals surface area contributed by atoms with Crippen LogP contribution in [0.1, 0.15) is 24.8 Å². The van der Waals surface area contributed by atoms with Crippen LogP contribution in [0, 0.1) is 0 Å². The molecule has 20 heavy (non-hydrogen) atoms. The summed E-state index contributed by atoms with van der Waals surface area (Å²) in [4.78, 5) is 2.40. The van der Waals surface area contributed by atoms with Gasteiger partial charge in [0.2, 0.25) is 0 Å². The molecule has 1 N–H and O–H groups in total. The molecule has 1 heterocycles. The van der Waals surface area contributed by atoms with Crippen molar-refractivity contribution in [3.05, 3.63) is 28.8 Å². The molecule has 1 aliphatic rings. The van der Waals surface area contributed by atoms with E-state index in [4.69, 9.17) is 11.6 Å². The fourth-order valence-electron chi connectivity index (χ4n) is 2.37. The van der Waals surface area contributed by atoms with E-state index in [2.05, 4.69) is 10.2 Å². The van der Waals surface area contributed by atoms with Gasteiger partial charge in [0.15, 0.2) is 0 Å². The Morgan fingerprint density at radius 3 is 2.50 bits per heavy atom. The van der Waals surface area contributed by atoms with Crippen molar-refractivity contribution in [1.29, 1.82) is 0 Å². The molecular formula is C14H18ClF3N2. The fraction of sp³-hybridized carbons (Fsp3) is 0.571. The molecule has 0 saturated carbocycles. The summed E-state index contributed by atoms with van der Waals surface area (Å²) in [6.07, 6.45) is -0.869. The van der Waals surface area contributed by atoms with E-state index < -0.39 is 11.7 Å².